The maximum Gasteiger partial charge on any atom is 0.127 e. The van der Waals surface area contributed by atoms with Gasteiger partial charge in [-0.05, 0) is 18.2 Å². The molecule has 1 aliphatic heterocycles. The first kappa shape index (κ1) is 12.4. The number of hydrogen-bond acceptors (Lipinski definition) is 3. The van der Waals surface area contributed by atoms with Crippen molar-refractivity contribution in [3.05, 3.63) is 35.4 Å². The number of halogens is 2. The van der Waals surface area contributed by atoms with Crippen LogP contribution in [0.15, 0.2) is 18.2 Å². The largest absolute Gasteiger partial charge is 0.314 e. The van der Waals surface area contributed by atoms with E-state index in [1.807, 2.05) is 0 Å². The van der Waals surface area contributed by atoms with Crippen molar-refractivity contribution in [2.24, 2.45) is 0 Å². The number of nitrogens with zero attached hydrogens (tertiary/aromatic N) is 1. The van der Waals surface area contributed by atoms with E-state index in [2.05, 4.69) is 15.5 Å². The maximum absolute atomic E-state index is 13.3. The van der Waals surface area contributed by atoms with Crippen molar-refractivity contribution in [2.75, 3.05) is 32.8 Å². The second-order valence-corrected chi connectivity index (χ2v) is 4.19. The van der Waals surface area contributed by atoms with Gasteiger partial charge in [-0.1, -0.05) is 0 Å². The Hall–Kier alpha value is -1.04. The number of nitrogens with one attached hydrogen (secondary N) is 2. The van der Waals surface area contributed by atoms with Gasteiger partial charge in [0.2, 0.25) is 0 Å². The molecule has 0 aromatic heterocycles. The van der Waals surface area contributed by atoms with Crippen molar-refractivity contribution >= 4 is 0 Å². The Morgan fingerprint density at radius 3 is 2.76 bits per heavy atom. The normalized spacial score (nSPS) is 17.3. The summed E-state index contributed by atoms with van der Waals surface area (Å²) < 4.78 is 26.2. The molecule has 1 fully saturated rings. The van der Waals surface area contributed by atoms with Crippen LogP contribution >= 0.6 is 0 Å². The van der Waals surface area contributed by atoms with Gasteiger partial charge in [0.1, 0.15) is 11.6 Å². The molecule has 1 aromatic rings. The van der Waals surface area contributed by atoms with E-state index in [9.17, 15) is 8.78 Å². The van der Waals surface area contributed by atoms with Crippen LogP contribution in [0.2, 0.25) is 0 Å². The molecule has 2 N–H and O–H groups in total. The lowest BCUT2D eigenvalue weighted by Crippen LogP contribution is -2.46. The molecule has 3 nitrogen and oxygen atoms in total. The molecule has 1 aromatic carbocycles. The molecule has 2 rings (SSSR count). The number of benzene rings is 1. The Bertz CT molecular complexity index is 365. The zero-order chi connectivity index (χ0) is 12.1. The van der Waals surface area contributed by atoms with Gasteiger partial charge in [0.25, 0.3) is 0 Å². The molecule has 94 valence electrons. The Kier molecular flexibility index (Phi) is 4.42. The Labute approximate surface area is 99.8 Å². The molecule has 0 radical (unpaired) electrons. The highest BCUT2D eigenvalue weighted by Crippen LogP contribution is 2.09. The van der Waals surface area contributed by atoms with E-state index in [0.717, 1.165) is 38.3 Å². The van der Waals surface area contributed by atoms with E-state index in [4.69, 9.17) is 0 Å². The monoisotopic (exact) mass is 241 g/mol. The van der Waals surface area contributed by atoms with Gasteiger partial charge < -0.3 is 10.6 Å². The standard InChI is InChI=1S/C12H17F2N3/c13-11-1-2-12(14)10(7-11)8-16-9-17-5-3-15-4-6-17/h1-2,7,15-16H,3-6,8-9H2. The van der Waals surface area contributed by atoms with E-state index in [0.29, 0.717) is 18.8 Å². The third-order valence-corrected chi connectivity index (χ3v) is 2.87. The van der Waals surface area contributed by atoms with Crippen LogP contribution in [0.5, 0.6) is 0 Å². The van der Waals surface area contributed by atoms with E-state index in [-0.39, 0.29) is 5.82 Å². The lowest BCUT2D eigenvalue weighted by molar-refractivity contribution is 0.222. The van der Waals surface area contributed by atoms with Crippen molar-refractivity contribution in [2.45, 2.75) is 6.54 Å². The quantitative estimate of drug-likeness (QED) is 0.820. The van der Waals surface area contributed by atoms with E-state index in [1.54, 1.807) is 0 Å². The van der Waals surface area contributed by atoms with Crippen molar-refractivity contribution in [1.29, 1.82) is 0 Å². The molecule has 0 aliphatic carbocycles. The highest BCUT2D eigenvalue weighted by atomic mass is 19.1. The van der Waals surface area contributed by atoms with E-state index >= 15 is 0 Å². The minimum atomic E-state index is -0.398. The fourth-order valence-electron chi connectivity index (χ4n) is 1.90. The van der Waals surface area contributed by atoms with Crippen LogP contribution in [-0.2, 0) is 6.54 Å². The molecule has 17 heavy (non-hydrogen) atoms. The second-order valence-electron chi connectivity index (χ2n) is 4.19. The summed E-state index contributed by atoms with van der Waals surface area (Å²) in [6.07, 6.45) is 0. The second kappa shape index (κ2) is 6.05. The summed E-state index contributed by atoms with van der Waals surface area (Å²) in [5, 5.41) is 6.39. The van der Waals surface area contributed by atoms with Crippen molar-refractivity contribution in [1.82, 2.24) is 15.5 Å². The summed E-state index contributed by atoms with van der Waals surface area (Å²) in [4.78, 5) is 2.24. The maximum atomic E-state index is 13.3. The average Bonchev–Trinajstić information content (AvgIpc) is 2.35. The summed E-state index contributed by atoms with van der Waals surface area (Å²) in [5.41, 5.74) is 0.375. The lowest BCUT2D eigenvalue weighted by atomic mass is 10.2. The SMILES string of the molecule is Fc1ccc(F)c(CNCN2CCNCC2)c1. The molecule has 0 spiro atoms. The molecule has 0 amide bonds. The fraction of sp³-hybridized carbons (Fsp3) is 0.500. The molecule has 0 saturated carbocycles. The molecule has 0 atom stereocenters. The summed E-state index contributed by atoms with van der Waals surface area (Å²) in [7, 11) is 0. The Morgan fingerprint density at radius 2 is 2.00 bits per heavy atom. The average molecular weight is 241 g/mol. The predicted octanol–water partition coefficient (Wildman–Crippen LogP) is 0.917. The number of hydrogen-bond donors (Lipinski definition) is 2. The van der Waals surface area contributed by atoms with Gasteiger partial charge >= 0.3 is 0 Å². The van der Waals surface area contributed by atoms with Gasteiger partial charge in [-0.15, -0.1) is 0 Å². The third-order valence-electron chi connectivity index (χ3n) is 2.87. The zero-order valence-electron chi connectivity index (χ0n) is 9.68. The van der Waals surface area contributed by atoms with Crippen molar-refractivity contribution in [3.63, 3.8) is 0 Å². The predicted molar refractivity (Wildman–Crippen MR) is 62.5 cm³/mol. The summed E-state index contributed by atoms with van der Waals surface area (Å²) in [6.45, 7) is 4.99. The number of rotatable bonds is 4. The lowest BCUT2D eigenvalue weighted by Gasteiger charge is -2.27. The number of piperazine rings is 1. The molecule has 1 heterocycles. The van der Waals surface area contributed by atoms with Gasteiger partial charge in [-0.3, -0.25) is 4.90 Å². The first-order valence-electron chi connectivity index (χ1n) is 5.83. The molecule has 0 unspecified atom stereocenters. The zero-order valence-corrected chi connectivity index (χ0v) is 9.68. The van der Waals surface area contributed by atoms with Gasteiger partial charge in [-0.2, -0.15) is 0 Å². The van der Waals surface area contributed by atoms with Crippen LogP contribution in [0.4, 0.5) is 8.78 Å². The molecular weight excluding hydrogens is 224 g/mol. The first-order valence-corrected chi connectivity index (χ1v) is 5.83. The fourth-order valence-corrected chi connectivity index (χ4v) is 1.90. The smallest absolute Gasteiger partial charge is 0.127 e. The van der Waals surface area contributed by atoms with Gasteiger partial charge in [0.15, 0.2) is 0 Å². The molecule has 0 bridgehead atoms. The van der Waals surface area contributed by atoms with Crippen molar-refractivity contribution < 1.29 is 8.78 Å². The van der Waals surface area contributed by atoms with Crippen LogP contribution in [0.25, 0.3) is 0 Å². The van der Waals surface area contributed by atoms with Crippen LogP contribution in [-0.4, -0.2) is 37.7 Å². The third kappa shape index (κ3) is 3.73. The van der Waals surface area contributed by atoms with Crippen LogP contribution in [0, 0.1) is 11.6 Å². The topological polar surface area (TPSA) is 27.3 Å². The van der Waals surface area contributed by atoms with Crippen LogP contribution in [0.1, 0.15) is 5.56 Å². The summed E-state index contributed by atoms with van der Waals surface area (Å²) in [6, 6.07) is 3.53. The van der Waals surface area contributed by atoms with Gasteiger partial charge in [0, 0.05) is 45.0 Å². The Morgan fingerprint density at radius 1 is 1.24 bits per heavy atom. The Balaban J connectivity index is 1.79. The minimum absolute atomic E-state index is 0.355. The van der Waals surface area contributed by atoms with E-state index in [1.165, 1.54) is 6.07 Å². The molecule has 1 saturated heterocycles. The molecular formula is C12H17F2N3. The molecule has 5 heteroatoms. The van der Waals surface area contributed by atoms with Crippen molar-refractivity contribution in [3.8, 4) is 0 Å². The highest BCUT2D eigenvalue weighted by Gasteiger charge is 2.09. The summed E-state index contributed by atoms with van der Waals surface area (Å²) in [5.74, 6) is -0.760. The summed E-state index contributed by atoms with van der Waals surface area (Å²) >= 11 is 0. The van der Waals surface area contributed by atoms with Crippen LogP contribution in [0.3, 0.4) is 0 Å². The van der Waals surface area contributed by atoms with Gasteiger partial charge in [-0.25, -0.2) is 8.78 Å². The molecule has 1 aliphatic rings. The van der Waals surface area contributed by atoms with Gasteiger partial charge in [0.05, 0.1) is 0 Å². The highest BCUT2D eigenvalue weighted by molar-refractivity contribution is 5.18. The van der Waals surface area contributed by atoms with Crippen LogP contribution < -0.4 is 10.6 Å². The minimum Gasteiger partial charge on any atom is -0.314 e. The first-order chi connectivity index (χ1) is 8.25. The van der Waals surface area contributed by atoms with E-state index < -0.39 is 5.82 Å².